The maximum absolute atomic E-state index is 12.2. The van der Waals surface area contributed by atoms with Crippen molar-refractivity contribution in [1.29, 1.82) is 0 Å². The average molecular weight is 292 g/mol. The van der Waals surface area contributed by atoms with Crippen LogP contribution < -0.4 is 15.8 Å². The first kappa shape index (κ1) is 14.8. The van der Waals surface area contributed by atoms with E-state index >= 15 is 0 Å². The summed E-state index contributed by atoms with van der Waals surface area (Å²) in [5.74, 6) is 0.770. The van der Waals surface area contributed by atoms with Crippen LogP contribution in [-0.2, 0) is 11.2 Å². The molecule has 1 aliphatic rings. The van der Waals surface area contributed by atoms with Gasteiger partial charge in [-0.15, -0.1) is 0 Å². The molecule has 1 aromatic carbocycles. The lowest BCUT2D eigenvalue weighted by molar-refractivity contribution is -0.127. The van der Waals surface area contributed by atoms with Crippen molar-refractivity contribution >= 4 is 23.1 Å². The summed E-state index contributed by atoms with van der Waals surface area (Å²) in [4.78, 5) is 12.5. The topological polar surface area (TPSA) is 64.3 Å². The molecule has 0 aromatic heterocycles. The zero-order valence-corrected chi connectivity index (χ0v) is 12.6. The molecule has 4 nitrogen and oxygen atoms in total. The normalized spacial score (nSPS) is 19.6. The molecular weight excluding hydrogens is 272 g/mol. The number of benzene rings is 1. The summed E-state index contributed by atoms with van der Waals surface area (Å²) in [6.45, 7) is 4.14. The number of ether oxygens (including phenoxy) is 1. The maximum atomic E-state index is 12.2. The van der Waals surface area contributed by atoms with Crippen LogP contribution in [0.3, 0.4) is 0 Å². The van der Waals surface area contributed by atoms with Crippen LogP contribution in [0.4, 0.5) is 0 Å². The molecule has 5 heteroatoms. The number of nitrogens with one attached hydrogen (secondary N) is 1. The van der Waals surface area contributed by atoms with Crippen LogP contribution in [0, 0.1) is 5.41 Å². The third-order valence-electron chi connectivity index (χ3n) is 3.96. The maximum Gasteiger partial charge on any atom is 0.232 e. The van der Waals surface area contributed by atoms with Gasteiger partial charge in [-0.2, -0.15) is 0 Å². The van der Waals surface area contributed by atoms with E-state index in [1.54, 1.807) is 6.92 Å². The minimum Gasteiger partial charge on any atom is -0.488 e. The first-order valence-corrected chi connectivity index (χ1v) is 7.21. The van der Waals surface area contributed by atoms with Gasteiger partial charge in [-0.1, -0.05) is 37.3 Å². The van der Waals surface area contributed by atoms with Crippen molar-refractivity contribution in [3.8, 4) is 5.75 Å². The van der Waals surface area contributed by atoms with Crippen LogP contribution >= 0.6 is 12.2 Å². The Labute approximate surface area is 124 Å². The number of amides is 1. The molecule has 1 aromatic rings. The lowest BCUT2D eigenvalue weighted by atomic mass is 9.86. The van der Waals surface area contributed by atoms with E-state index in [0.29, 0.717) is 13.0 Å². The number of nitrogens with two attached hydrogens (primary N) is 1. The van der Waals surface area contributed by atoms with Crippen molar-refractivity contribution in [2.45, 2.75) is 32.8 Å². The van der Waals surface area contributed by atoms with Gasteiger partial charge in [0.1, 0.15) is 11.9 Å². The van der Waals surface area contributed by atoms with Gasteiger partial charge in [0.2, 0.25) is 5.91 Å². The Morgan fingerprint density at radius 1 is 1.55 bits per heavy atom. The third-order valence-corrected chi connectivity index (χ3v) is 4.41. The van der Waals surface area contributed by atoms with Gasteiger partial charge in [-0.3, -0.25) is 4.79 Å². The molecule has 20 heavy (non-hydrogen) atoms. The second-order valence-corrected chi connectivity index (χ2v) is 5.75. The van der Waals surface area contributed by atoms with Crippen molar-refractivity contribution in [3.05, 3.63) is 29.8 Å². The molecule has 3 N–H and O–H groups in total. The molecule has 0 radical (unpaired) electrons. The van der Waals surface area contributed by atoms with Crippen LogP contribution in [0.5, 0.6) is 5.75 Å². The lowest BCUT2D eigenvalue weighted by Gasteiger charge is -2.26. The van der Waals surface area contributed by atoms with Crippen molar-refractivity contribution < 1.29 is 9.53 Å². The van der Waals surface area contributed by atoms with Gasteiger partial charge < -0.3 is 15.8 Å². The highest BCUT2D eigenvalue weighted by Gasteiger charge is 2.35. The van der Waals surface area contributed by atoms with Gasteiger partial charge >= 0.3 is 0 Å². The minimum atomic E-state index is -0.791. The van der Waals surface area contributed by atoms with Crippen LogP contribution in [-0.4, -0.2) is 23.5 Å². The second kappa shape index (κ2) is 5.79. The number of rotatable bonds is 5. The monoisotopic (exact) mass is 292 g/mol. The SMILES string of the molecule is CCC(C)(C(=O)NCC1Cc2ccccc2O1)C(N)=S. The zero-order chi connectivity index (χ0) is 14.8. The molecule has 2 unspecified atom stereocenters. The average Bonchev–Trinajstić information content (AvgIpc) is 2.86. The third kappa shape index (κ3) is 2.77. The molecule has 0 saturated heterocycles. The van der Waals surface area contributed by atoms with Crippen LogP contribution in [0.25, 0.3) is 0 Å². The van der Waals surface area contributed by atoms with E-state index in [0.717, 1.165) is 12.2 Å². The van der Waals surface area contributed by atoms with Gasteiger partial charge in [0.25, 0.3) is 0 Å². The predicted molar refractivity (Wildman–Crippen MR) is 82.8 cm³/mol. The summed E-state index contributed by atoms with van der Waals surface area (Å²) in [6, 6.07) is 7.93. The highest BCUT2D eigenvalue weighted by atomic mass is 32.1. The van der Waals surface area contributed by atoms with Gasteiger partial charge in [0.05, 0.1) is 16.9 Å². The van der Waals surface area contributed by atoms with Crippen molar-refractivity contribution in [2.75, 3.05) is 6.54 Å². The largest absolute Gasteiger partial charge is 0.488 e. The Kier molecular flexibility index (Phi) is 4.28. The quantitative estimate of drug-likeness (QED) is 0.812. The van der Waals surface area contributed by atoms with E-state index in [1.165, 1.54) is 5.56 Å². The Hall–Kier alpha value is -1.62. The number of thiocarbonyl (C=S) groups is 1. The Balaban J connectivity index is 1.91. The number of para-hydroxylation sites is 1. The molecule has 0 saturated carbocycles. The summed E-state index contributed by atoms with van der Waals surface area (Å²) in [6.07, 6.45) is 1.37. The Bertz CT molecular complexity index is 507. The molecule has 1 amide bonds. The van der Waals surface area contributed by atoms with Crippen LogP contribution in [0.2, 0.25) is 0 Å². The fraction of sp³-hybridized carbons (Fsp3) is 0.467. The molecule has 0 aliphatic carbocycles. The first-order chi connectivity index (χ1) is 9.47. The fourth-order valence-corrected chi connectivity index (χ4v) is 2.45. The minimum absolute atomic E-state index is 0.0243. The molecule has 0 spiro atoms. The summed E-state index contributed by atoms with van der Waals surface area (Å²) >= 11 is 5.00. The molecule has 108 valence electrons. The van der Waals surface area contributed by atoms with Crippen molar-refractivity contribution in [1.82, 2.24) is 5.32 Å². The highest BCUT2D eigenvalue weighted by Crippen LogP contribution is 2.28. The Morgan fingerprint density at radius 3 is 2.85 bits per heavy atom. The van der Waals surface area contributed by atoms with Crippen LogP contribution in [0.1, 0.15) is 25.8 Å². The van der Waals surface area contributed by atoms with E-state index in [2.05, 4.69) is 5.32 Å². The first-order valence-electron chi connectivity index (χ1n) is 6.80. The molecule has 1 aliphatic heterocycles. The highest BCUT2D eigenvalue weighted by molar-refractivity contribution is 7.80. The van der Waals surface area contributed by atoms with Crippen molar-refractivity contribution in [2.24, 2.45) is 11.1 Å². The van der Waals surface area contributed by atoms with E-state index < -0.39 is 5.41 Å². The molecule has 2 rings (SSSR count). The van der Waals surface area contributed by atoms with E-state index in [-0.39, 0.29) is 17.0 Å². The Morgan fingerprint density at radius 2 is 2.25 bits per heavy atom. The standard InChI is InChI=1S/C15H20N2O2S/c1-3-15(2,13(16)20)14(18)17-9-11-8-10-6-4-5-7-12(10)19-11/h4-7,11H,3,8-9H2,1-2H3,(H2,16,20)(H,17,18). The van der Waals surface area contributed by atoms with Gasteiger partial charge in [-0.25, -0.2) is 0 Å². The summed E-state index contributed by atoms with van der Waals surface area (Å²) in [7, 11) is 0. The number of carbonyl (C=O) groups is 1. The van der Waals surface area contributed by atoms with Gasteiger partial charge in [0.15, 0.2) is 0 Å². The van der Waals surface area contributed by atoms with Gasteiger partial charge in [0, 0.05) is 6.42 Å². The molecule has 2 atom stereocenters. The van der Waals surface area contributed by atoms with E-state index in [9.17, 15) is 4.79 Å². The molecule has 0 bridgehead atoms. The summed E-state index contributed by atoms with van der Waals surface area (Å²) in [5.41, 5.74) is 6.06. The molecular formula is C15H20N2O2S. The van der Waals surface area contributed by atoms with Crippen LogP contribution in [0.15, 0.2) is 24.3 Å². The summed E-state index contributed by atoms with van der Waals surface area (Å²) in [5, 5.41) is 2.90. The smallest absolute Gasteiger partial charge is 0.232 e. The predicted octanol–water partition coefficient (Wildman–Crippen LogP) is 1.81. The number of hydrogen-bond acceptors (Lipinski definition) is 3. The number of carbonyl (C=O) groups excluding carboxylic acids is 1. The summed E-state index contributed by atoms with van der Waals surface area (Å²) < 4.78 is 5.79. The lowest BCUT2D eigenvalue weighted by Crippen LogP contribution is -2.48. The van der Waals surface area contributed by atoms with Gasteiger partial charge in [-0.05, 0) is 25.0 Å². The number of fused-ring (bicyclic) bond motifs is 1. The van der Waals surface area contributed by atoms with E-state index in [4.69, 9.17) is 22.7 Å². The molecule has 0 fully saturated rings. The second-order valence-electron chi connectivity index (χ2n) is 5.31. The molecule has 1 heterocycles. The van der Waals surface area contributed by atoms with Crippen molar-refractivity contribution in [3.63, 3.8) is 0 Å². The van der Waals surface area contributed by atoms with E-state index in [1.807, 2.05) is 31.2 Å². The fourth-order valence-electron chi connectivity index (χ4n) is 2.22. The number of hydrogen-bond donors (Lipinski definition) is 2. The zero-order valence-electron chi connectivity index (χ0n) is 11.8.